The lowest BCUT2D eigenvalue weighted by Gasteiger charge is -2.24. The van der Waals surface area contributed by atoms with Gasteiger partial charge in [-0.15, -0.1) is 0 Å². The highest BCUT2D eigenvalue weighted by Gasteiger charge is 2.27. The molecule has 4 nitrogen and oxygen atoms in total. The minimum Gasteiger partial charge on any atom is -0.444 e. The molecule has 0 saturated carbocycles. The number of hydrogen-bond acceptors (Lipinski definition) is 3. The Morgan fingerprint density at radius 3 is 2.10 bits per heavy atom. The summed E-state index contributed by atoms with van der Waals surface area (Å²) < 4.78 is 41.2. The lowest BCUT2D eigenvalue weighted by Crippen LogP contribution is -2.41. The fourth-order valence-electron chi connectivity index (χ4n) is 1.47. The molecule has 20 heavy (non-hydrogen) atoms. The summed E-state index contributed by atoms with van der Waals surface area (Å²) in [5.41, 5.74) is -0.591. The Balaban J connectivity index is 4.13. The molecule has 0 aliphatic heterocycles. The zero-order chi connectivity index (χ0) is 16.0. The van der Waals surface area contributed by atoms with Crippen molar-refractivity contribution in [1.82, 2.24) is 10.6 Å². The van der Waals surface area contributed by atoms with Crippen LogP contribution in [0.5, 0.6) is 0 Å². The van der Waals surface area contributed by atoms with Crippen molar-refractivity contribution in [2.45, 2.75) is 46.4 Å². The summed E-state index contributed by atoms with van der Waals surface area (Å²) in [6.45, 7) is 8.48. The van der Waals surface area contributed by atoms with Gasteiger partial charge in [0.1, 0.15) is 5.60 Å². The minimum atomic E-state index is -4.22. The number of amides is 1. The molecule has 0 aromatic heterocycles. The minimum absolute atomic E-state index is 0.0927. The average molecular weight is 298 g/mol. The summed E-state index contributed by atoms with van der Waals surface area (Å²) in [4.78, 5) is 11.5. The Hall–Kier alpha value is -0.980. The van der Waals surface area contributed by atoms with Crippen LogP contribution in [0, 0.1) is 11.8 Å². The van der Waals surface area contributed by atoms with Gasteiger partial charge in [-0.25, -0.2) is 4.79 Å². The third-order valence-electron chi connectivity index (χ3n) is 2.58. The maximum Gasteiger partial charge on any atom is 0.407 e. The average Bonchev–Trinajstić information content (AvgIpc) is 2.18. The van der Waals surface area contributed by atoms with Crippen LogP contribution in [0.3, 0.4) is 0 Å². The number of rotatable bonds is 6. The molecule has 2 N–H and O–H groups in total. The number of hydrogen-bond donors (Lipinski definition) is 2. The van der Waals surface area contributed by atoms with E-state index in [-0.39, 0.29) is 24.9 Å². The van der Waals surface area contributed by atoms with Crippen LogP contribution >= 0.6 is 0 Å². The van der Waals surface area contributed by atoms with Crippen LogP contribution in [0.25, 0.3) is 0 Å². The summed E-state index contributed by atoms with van der Waals surface area (Å²) >= 11 is 0. The molecule has 0 fully saturated rings. The SMILES string of the molecule is CC(C)C(CNCC(F)(F)F)CNC(=O)OC(C)(C)C. The molecule has 0 aliphatic carbocycles. The highest BCUT2D eigenvalue weighted by atomic mass is 19.4. The van der Waals surface area contributed by atoms with Crippen LogP contribution < -0.4 is 10.6 Å². The van der Waals surface area contributed by atoms with Gasteiger partial charge < -0.3 is 15.4 Å². The quantitative estimate of drug-likeness (QED) is 0.792. The fraction of sp³-hybridized carbons (Fsp3) is 0.923. The Morgan fingerprint density at radius 1 is 1.15 bits per heavy atom. The maximum absolute atomic E-state index is 12.1. The number of alkyl carbamates (subject to hydrolysis) is 1. The van der Waals surface area contributed by atoms with Crippen molar-refractivity contribution < 1.29 is 22.7 Å². The lowest BCUT2D eigenvalue weighted by molar-refractivity contribution is -0.125. The van der Waals surface area contributed by atoms with Crippen molar-refractivity contribution in [2.24, 2.45) is 11.8 Å². The van der Waals surface area contributed by atoms with Gasteiger partial charge in [0.15, 0.2) is 0 Å². The first-order valence-electron chi connectivity index (χ1n) is 6.65. The summed E-state index contributed by atoms with van der Waals surface area (Å²) in [7, 11) is 0. The van der Waals surface area contributed by atoms with Gasteiger partial charge in [0.2, 0.25) is 0 Å². The highest BCUT2D eigenvalue weighted by molar-refractivity contribution is 5.67. The van der Waals surface area contributed by atoms with Gasteiger partial charge in [-0.1, -0.05) is 13.8 Å². The molecule has 0 rings (SSSR count). The first-order valence-corrected chi connectivity index (χ1v) is 6.65. The molecule has 7 heteroatoms. The number of halogens is 3. The molecule has 0 bridgehead atoms. The topological polar surface area (TPSA) is 50.4 Å². The molecule has 1 amide bonds. The van der Waals surface area contributed by atoms with E-state index in [9.17, 15) is 18.0 Å². The zero-order valence-electron chi connectivity index (χ0n) is 12.7. The van der Waals surface area contributed by atoms with Crippen molar-refractivity contribution >= 4 is 6.09 Å². The monoisotopic (exact) mass is 298 g/mol. The van der Waals surface area contributed by atoms with Crippen molar-refractivity contribution in [3.05, 3.63) is 0 Å². The van der Waals surface area contributed by atoms with E-state index in [1.54, 1.807) is 20.8 Å². The van der Waals surface area contributed by atoms with E-state index < -0.39 is 24.4 Å². The van der Waals surface area contributed by atoms with Gasteiger partial charge in [-0.3, -0.25) is 0 Å². The van der Waals surface area contributed by atoms with Crippen molar-refractivity contribution in [3.8, 4) is 0 Å². The molecule has 120 valence electrons. The standard InChI is InChI=1S/C13H25F3N2O2/c1-9(2)10(6-17-8-13(14,15)16)7-18-11(19)20-12(3,4)5/h9-10,17H,6-8H2,1-5H3,(H,18,19). The zero-order valence-corrected chi connectivity index (χ0v) is 12.7. The molecule has 0 aromatic rings. The van der Waals surface area contributed by atoms with Crippen LogP contribution in [-0.2, 0) is 4.74 Å². The summed E-state index contributed by atoms with van der Waals surface area (Å²) in [5, 5.41) is 4.95. The third kappa shape index (κ3) is 10.9. The highest BCUT2D eigenvalue weighted by Crippen LogP contribution is 2.14. The van der Waals surface area contributed by atoms with E-state index in [1.807, 2.05) is 13.8 Å². The van der Waals surface area contributed by atoms with Gasteiger partial charge in [0, 0.05) is 13.1 Å². The molecule has 0 saturated heterocycles. The van der Waals surface area contributed by atoms with Crippen LogP contribution in [0.2, 0.25) is 0 Å². The van der Waals surface area contributed by atoms with Gasteiger partial charge in [0.25, 0.3) is 0 Å². The molecule has 0 spiro atoms. The molecule has 0 aliphatic rings. The van der Waals surface area contributed by atoms with E-state index >= 15 is 0 Å². The fourth-order valence-corrected chi connectivity index (χ4v) is 1.47. The molecule has 1 unspecified atom stereocenters. The normalized spacial score (nSPS) is 14.2. The second-order valence-corrected chi connectivity index (χ2v) is 6.13. The molecular weight excluding hydrogens is 273 g/mol. The molecule has 0 heterocycles. The third-order valence-corrected chi connectivity index (χ3v) is 2.58. The molecular formula is C13H25F3N2O2. The Morgan fingerprint density at radius 2 is 1.70 bits per heavy atom. The Bertz CT molecular complexity index is 299. The second-order valence-electron chi connectivity index (χ2n) is 6.13. The van der Waals surface area contributed by atoms with Gasteiger partial charge in [-0.2, -0.15) is 13.2 Å². The number of alkyl halides is 3. The van der Waals surface area contributed by atoms with Crippen molar-refractivity contribution in [1.29, 1.82) is 0 Å². The van der Waals surface area contributed by atoms with Crippen molar-refractivity contribution in [2.75, 3.05) is 19.6 Å². The van der Waals surface area contributed by atoms with Crippen LogP contribution in [0.15, 0.2) is 0 Å². The van der Waals surface area contributed by atoms with E-state index in [4.69, 9.17) is 4.74 Å². The molecule has 0 aromatic carbocycles. The number of ether oxygens (including phenoxy) is 1. The second kappa shape index (κ2) is 7.71. The van der Waals surface area contributed by atoms with Crippen LogP contribution in [0.1, 0.15) is 34.6 Å². The lowest BCUT2D eigenvalue weighted by atomic mass is 9.96. The smallest absolute Gasteiger partial charge is 0.407 e. The first kappa shape index (κ1) is 19.0. The van der Waals surface area contributed by atoms with Gasteiger partial charge in [0.05, 0.1) is 6.54 Å². The number of nitrogens with one attached hydrogen (secondary N) is 2. The predicted octanol–water partition coefficient (Wildman–Crippen LogP) is 2.94. The van der Waals surface area contributed by atoms with E-state index in [0.29, 0.717) is 0 Å². The summed E-state index contributed by atoms with van der Waals surface area (Å²) in [5.74, 6) is 0.0514. The largest absolute Gasteiger partial charge is 0.444 e. The number of carbonyl (C=O) groups is 1. The number of carbonyl (C=O) groups excluding carboxylic acids is 1. The van der Waals surface area contributed by atoms with Gasteiger partial charge in [-0.05, 0) is 32.6 Å². The predicted molar refractivity (Wildman–Crippen MR) is 71.5 cm³/mol. The Kier molecular flexibility index (Phi) is 7.33. The van der Waals surface area contributed by atoms with Crippen molar-refractivity contribution in [3.63, 3.8) is 0 Å². The molecule has 0 radical (unpaired) electrons. The Labute approximate surface area is 118 Å². The van der Waals surface area contributed by atoms with Crippen LogP contribution in [0.4, 0.5) is 18.0 Å². The van der Waals surface area contributed by atoms with E-state index in [1.165, 1.54) is 0 Å². The molecule has 1 atom stereocenters. The first-order chi connectivity index (χ1) is 8.91. The summed E-state index contributed by atoms with van der Waals surface area (Å²) in [6, 6.07) is 0. The summed E-state index contributed by atoms with van der Waals surface area (Å²) in [6.07, 6.45) is -4.78. The maximum atomic E-state index is 12.1. The van der Waals surface area contributed by atoms with Crippen LogP contribution in [-0.4, -0.2) is 37.5 Å². The van der Waals surface area contributed by atoms with E-state index in [0.717, 1.165) is 0 Å². The van der Waals surface area contributed by atoms with Gasteiger partial charge >= 0.3 is 12.3 Å². The van der Waals surface area contributed by atoms with E-state index in [2.05, 4.69) is 10.6 Å².